The maximum Gasteiger partial charge on any atom is 0.326 e. The molecule has 2 N–H and O–H groups in total. The lowest BCUT2D eigenvalue weighted by Gasteiger charge is -2.17. The number of carboxylic acid groups (broad SMARTS) is 1. The molecule has 0 radical (unpaired) electrons. The fraction of sp³-hybridized carbons (Fsp3) is 0.467. The van der Waals surface area contributed by atoms with E-state index < -0.39 is 12.0 Å². The number of carboxylic acids is 1. The Balaban J connectivity index is 2.84. The van der Waals surface area contributed by atoms with Crippen LogP contribution in [0, 0.1) is 5.92 Å². The average Bonchev–Trinajstić information content (AvgIpc) is 2.37. The van der Waals surface area contributed by atoms with Crippen LogP contribution in [0.25, 0.3) is 0 Å². The summed E-state index contributed by atoms with van der Waals surface area (Å²) < 4.78 is 0. The van der Waals surface area contributed by atoms with Crippen molar-refractivity contribution in [2.45, 2.75) is 39.7 Å². The van der Waals surface area contributed by atoms with E-state index in [2.05, 4.69) is 5.32 Å². The van der Waals surface area contributed by atoms with Gasteiger partial charge in [-0.2, -0.15) is 0 Å². The third-order valence-corrected chi connectivity index (χ3v) is 2.95. The van der Waals surface area contributed by atoms with Gasteiger partial charge < -0.3 is 10.4 Å². The van der Waals surface area contributed by atoms with Crippen LogP contribution in [0.2, 0.25) is 0 Å². The summed E-state index contributed by atoms with van der Waals surface area (Å²) in [6, 6.07) is 6.43. The molecule has 1 atom stereocenters. The van der Waals surface area contributed by atoms with E-state index in [1.54, 1.807) is 12.1 Å². The maximum atomic E-state index is 12.1. The fourth-order valence-corrected chi connectivity index (χ4v) is 1.98. The molecule has 1 unspecified atom stereocenters. The molecule has 1 amide bonds. The molecule has 4 nitrogen and oxygen atoms in total. The van der Waals surface area contributed by atoms with Gasteiger partial charge >= 0.3 is 5.97 Å². The summed E-state index contributed by atoms with van der Waals surface area (Å²) in [5.41, 5.74) is 1.48. The largest absolute Gasteiger partial charge is 0.480 e. The van der Waals surface area contributed by atoms with Gasteiger partial charge in [-0.15, -0.1) is 0 Å². The Bertz CT molecular complexity index is 454. The summed E-state index contributed by atoms with van der Waals surface area (Å²) >= 11 is 0. The molecule has 0 saturated heterocycles. The third kappa shape index (κ3) is 4.39. The van der Waals surface area contributed by atoms with Gasteiger partial charge in [-0.25, -0.2) is 4.79 Å². The predicted molar refractivity (Wildman–Crippen MR) is 74.2 cm³/mol. The minimum Gasteiger partial charge on any atom is -0.480 e. The Hall–Kier alpha value is -1.84. The van der Waals surface area contributed by atoms with Crippen LogP contribution >= 0.6 is 0 Å². The highest BCUT2D eigenvalue weighted by Crippen LogP contribution is 2.11. The number of aliphatic carboxylic acids is 1. The molecule has 1 aromatic rings. The van der Waals surface area contributed by atoms with Crippen LogP contribution in [0.1, 0.15) is 43.1 Å². The predicted octanol–water partition coefficient (Wildman–Crippen LogP) is 2.48. The fourth-order valence-electron chi connectivity index (χ4n) is 1.98. The number of carbonyl (C=O) groups excluding carboxylic acids is 1. The van der Waals surface area contributed by atoms with E-state index in [-0.39, 0.29) is 11.8 Å². The van der Waals surface area contributed by atoms with Crippen molar-refractivity contribution in [1.82, 2.24) is 5.32 Å². The van der Waals surface area contributed by atoms with Crippen LogP contribution in [-0.2, 0) is 11.2 Å². The average molecular weight is 263 g/mol. The van der Waals surface area contributed by atoms with Crippen LogP contribution in [0.15, 0.2) is 24.3 Å². The van der Waals surface area contributed by atoms with Crippen LogP contribution in [0.5, 0.6) is 0 Å². The molecule has 19 heavy (non-hydrogen) atoms. The normalized spacial score (nSPS) is 12.2. The van der Waals surface area contributed by atoms with Gasteiger partial charge in [0, 0.05) is 5.56 Å². The highest BCUT2D eigenvalue weighted by Gasteiger charge is 2.22. The van der Waals surface area contributed by atoms with Crippen LogP contribution in [0.3, 0.4) is 0 Å². The minimum absolute atomic E-state index is 0.211. The first-order valence-electron chi connectivity index (χ1n) is 6.57. The van der Waals surface area contributed by atoms with Crippen molar-refractivity contribution in [2.24, 2.45) is 5.92 Å². The SMILES string of the molecule is CCc1ccccc1C(=O)NC(CC(C)C)C(=O)O. The molecule has 0 aliphatic heterocycles. The summed E-state index contributed by atoms with van der Waals surface area (Å²) in [7, 11) is 0. The summed E-state index contributed by atoms with van der Waals surface area (Å²) in [6.07, 6.45) is 1.17. The number of hydrogen-bond acceptors (Lipinski definition) is 2. The zero-order valence-corrected chi connectivity index (χ0v) is 11.6. The first-order valence-corrected chi connectivity index (χ1v) is 6.57. The highest BCUT2D eigenvalue weighted by atomic mass is 16.4. The second-order valence-electron chi connectivity index (χ2n) is 5.00. The molecular weight excluding hydrogens is 242 g/mol. The number of nitrogens with one attached hydrogen (secondary N) is 1. The minimum atomic E-state index is -0.990. The first-order chi connectivity index (χ1) is 8.95. The lowest BCUT2D eigenvalue weighted by Crippen LogP contribution is -2.41. The summed E-state index contributed by atoms with van der Waals surface area (Å²) in [4.78, 5) is 23.3. The number of benzene rings is 1. The quantitative estimate of drug-likeness (QED) is 0.828. The Morgan fingerprint density at radius 3 is 2.42 bits per heavy atom. The molecule has 0 fully saturated rings. The number of carbonyl (C=O) groups is 2. The van der Waals surface area contributed by atoms with Crippen LogP contribution in [0.4, 0.5) is 0 Å². The zero-order chi connectivity index (χ0) is 14.4. The third-order valence-electron chi connectivity index (χ3n) is 2.95. The molecule has 4 heteroatoms. The first kappa shape index (κ1) is 15.2. The topological polar surface area (TPSA) is 66.4 Å². The van der Waals surface area contributed by atoms with Crippen molar-refractivity contribution in [3.05, 3.63) is 35.4 Å². The Kier molecular flexibility index (Phi) is 5.55. The summed E-state index contributed by atoms with van der Waals surface area (Å²) in [5.74, 6) is -1.09. The highest BCUT2D eigenvalue weighted by molar-refractivity contribution is 5.97. The van der Waals surface area contributed by atoms with Crippen LogP contribution < -0.4 is 5.32 Å². The molecule has 0 spiro atoms. The molecule has 0 heterocycles. The van der Waals surface area contributed by atoms with Crippen molar-refractivity contribution in [3.8, 4) is 0 Å². The van der Waals surface area contributed by atoms with Crippen molar-refractivity contribution in [1.29, 1.82) is 0 Å². The standard InChI is InChI=1S/C15H21NO3/c1-4-11-7-5-6-8-12(11)14(17)16-13(15(18)19)9-10(2)3/h5-8,10,13H,4,9H2,1-3H3,(H,16,17)(H,18,19). The smallest absolute Gasteiger partial charge is 0.326 e. The van der Waals surface area contributed by atoms with Gasteiger partial charge in [-0.1, -0.05) is 39.0 Å². The molecule has 1 aromatic carbocycles. The zero-order valence-electron chi connectivity index (χ0n) is 11.6. The van der Waals surface area contributed by atoms with Gasteiger partial charge in [0.1, 0.15) is 6.04 Å². The summed E-state index contributed by atoms with van der Waals surface area (Å²) in [6.45, 7) is 5.83. The number of amides is 1. The van der Waals surface area contributed by atoms with Gasteiger partial charge in [0.2, 0.25) is 0 Å². The van der Waals surface area contributed by atoms with E-state index >= 15 is 0 Å². The van der Waals surface area contributed by atoms with Gasteiger partial charge in [-0.3, -0.25) is 4.79 Å². The van der Waals surface area contributed by atoms with Crippen molar-refractivity contribution in [3.63, 3.8) is 0 Å². The number of rotatable bonds is 6. The van der Waals surface area contributed by atoms with E-state index in [1.807, 2.05) is 32.9 Å². The van der Waals surface area contributed by atoms with Crippen molar-refractivity contribution in [2.75, 3.05) is 0 Å². The lowest BCUT2D eigenvalue weighted by molar-refractivity contribution is -0.139. The molecule has 0 aliphatic rings. The van der Waals surface area contributed by atoms with Crippen molar-refractivity contribution < 1.29 is 14.7 Å². The lowest BCUT2D eigenvalue weighted by atomic mass is 10.0. The van der Waals surface area contributed by atoms with Gasteiger partial charge in [-0.05, 0) is 30.4 Å². The second-order valence-corrected chi connectivity index (χ2v) is 5.00. The molecule has 0 saturated carbocycles. The van der Waals surface area contributed by atoms with Crippen LogP contribution in [-0.4, -0.2) is 23.0 Å². The molecule has 1 rings (SSSR count). The van der Waals surface area contributed by atoms with Gasteiger partial charge in [0.05, 0.1) is 0 Å². The molecule has 0 aliphatic carbocycles. The maximum absolute atomic E-state index is 12.1. The van der Waals surface area contributed by atoms with Gasteiger partial charge in [0.15, 0.2) is 0 Å². The number of aryl methyl sites for hydroxylation is 1. The molecule has 0 aromatic heterocycles. The monoisotopic (exact) mass is 263 g/mol. The van der Waals surface area contributed by atoms with E-state index in [1.165, 1.54) is 0 Å². The van der Waals surface area contributed by atoms with Gasteiger partial charge in [0.25, 0.3) is 5.91 Å². The molecule has 0 bridgehead atoms. The van der Waals surface area contributed by atoms with E-state index in [9.17, 15) is 9.59 Å². The number of hydrogen-bond donors (Lipinski definition) is 2. The Morgan fingerprint density at radius 1 is 1.26 bits per heavy atom. The Labute approximate surface area is 113 Å². The van der Waals surface area contributed by atoms with E-state index in [0.717, 1.165) is 12.0 Å². The molecular formula is C15H21NO3. The molecule has 104 valence electrons. The van der Waals surface area contributed by atoms with E-state index in [4.69, 9.17) is 5.11 Å². The Morgan fingerprint density at radius 2 is 1.89 bits per heavy atom. The van der Waals surface area contributed by atoms with Crippen molar-refractivity contribution >= 4 is 11.9 Å². The second kappa shape index (κ2) is 6.92. The van der Waals surface area contributed by atoms with E-state index in [0.29, 0.717) is 12.0 Å². The summed E-state index contributed by atoms with van der Waals surface area (Å²) in [5, 5.41) is 11.7.